The van der Waals surface area contributed by atoms with Gasteiger partial charge in [0.1, 0.15) is 17.6 Å². The van der Waals surface area contributed by atoms with Crippen molar-refractivity contribution in [3.8, 4) is 5.75 Å². The molecule has 1 aliphatic rings. The summed E-state index contributed by atoms with van der Waals surface area (Å²) in [6.45, 7) is 1.44. The largest absolute Gasteiger partial charge is 0.496 e. The molecule has 2 rings (SSSR count). The van der Waals surface area contributed by atoms with Crippen LogP contribution in [0.3, 0.4) is 0 Å². The van der Waals surface area contributed by atoms with E-state index < -0.39 is 17.8 Å². The quantitative estimate of drug-likeness (QED) is 0.926. The molecule has 0 amide bonds. The molecule has 1 aliphatic heterocycles. The number of benzene rings is 1. The van der Waals surface area contributed by atoms with Gasteiger partial charge in [0.25, 0.3) is 0 Å². The molecule has 0 aliphatic carbocycles. The lowest BCUT2D eigenvalue weighted by atomic mass is 10.0. The van der Waals surface area contributed by atoms with Crippen molar-refractivity contribution >= 4 is 5.97 Å². The average Bonchev–Trinajstić information content (AvgIpc) is 2.41. The summed E-state index contributed by atoms with van der Waals surface area (Å²) in [5, 5.41) is 9.63. The van der Waals surface area contributed by atoms with Crippen LogP contribution >= 0.6 is 0 Å². The second-order valence-corrected chi connectivity index (χ2v) is 5.43. The molecule has 4 nitrogen and oxygen atoms in total. The van der Waals surface area contributed by atoms with Gasteiger partial charge in [0.05, 0.1) is 7.11 Å². The standard InChI is InChI=1S/C16H22FNO3/c1-21-14-8-7-12(17)11-13(14)15(16(19)20)18-9-5-3-2-4-6-10-18/h7-8,11,15H,2-6,9-10H2,1H3,(H,19,20). The lowest BCUT2D eigenvalue weighted by molar-refractivity contribution is -0.143. The Hall–Kier alpha value is -1.62. The normalized spacial score (nSPS) is 18.6. The van der Waals surface area contributed by atoms with E-state index in [9.17, 15) is 14.3 Å². The number of likely N-dealkylation sites (tertiary alicyclic amines) is 1. The van der Waals surface area contributed by atoms with Crippen molar-refractivity contribution in [2.75, 3.05) is 20.2 Å². The van der Waals surface area contributed by atoms with E-state index in [4.69, 9.17) is 4.74 Å². The summed E-state index contributed by atoms with van der Waals surface area (Å²) in [6, 6.07) is 3.20. The Bertz CT molecular complexity index is 484. The van der Waals surface area contributed by atoms with Gasteiger partial charge in [-0.05, 0) is 44.1 Å². The lowest BCUT2D eigenvalue weighted by Crippen LogP contribution is -2.36. The zero-order valence-corrected chi connectivity index (χ0v) is 12.3. The van der Waals surface area contributed by atoms with E-state index in [2.05, 4.69) is 0 Å². The summed E-state index contributed by atoms with van der Waals surface area (Å²) in [6.07, 6.45) is 5.38. The smallest absolute Gasteiger partial charge is 0.325 e. The highest BCUT2D eigenvalue weighted by atomic mass is 19.1. The summed E-state index contributed by atoms with van der Waals surface area (Å²) >= 11 is 0. The molecular formula is C16H22FNO3. The zero-order valence-electron chi connectivity index (χ0n) is 12.3. The molecule has 0 spiro atoms. The number of nitrogens with zero attached hydrogens (tertiary/aromatic N) is 1. The van der Waals surface area contributed by atoms with E-state index in [0.717, 1.165) is 38.8 Å². The first-order valence-electron chi connectivity index (χ1n) is 7.44. The Morgan fingerprint density at radius 2 is 1.86 bits per heavy atom. The van der Waals surface area contributed by atoms with E-state index in [1.54, 1.807) is 0 Å². The fraction of sp³-hybridized carbons (Fsp3) is 0.562. The average molecular weight is 295 g/mol. The number of methoxy groups -OCH3 is 1. The fourth-order valence-corrected chi connectivity index (χ4v) is 2.93. The summed E-state index contributed by atoms with van der Waals surface area (Å²) in [5.74, 6) is -0.977. The van der Waals surface area contributed by atoms with E-state index in [-0.39, 0.29) is 0 Å². The van der Waals surface area contributed by atoms with Gasteiger partial charge >= 0.3 is 5.97 Å². The van der Waals surface area contributed by atoms with Gasteiger partial charge in [-0.3, -0.25) is 9.69 Å². The minimum atomic E-state index is -0.959. The van der Waals surface area contributed by atoms with Crippen LogP contribution in [0.15, 0.2) is 18.2 Å². The van der Waals surface area contributed by atoms with Gasteiger partial charge in [-0.1, -0.05) is 19.3 Å². The lowest BCUT2D eigenvalue weighted by Gasteiger charge is -2.31. The van der Waals surface area contributed by atoms with Crippen molar-refractivity contribution in [1.82, 2.24) is 4.90 Å². The van der Waals surface area contributed by atoms with Crippen molar-refractivity contribution in [2.45, 2.75) is 38.1 Å². The second-order valence-electron chi connectivity index (χ2n) is 5.43. The van der Waals surface area contributed by atoms with Crippen LogP contribution in [0.5, 0.6) is 5.75 Å². The predicted octanol–water partition coefficient (Wildman–Crippen LogP) is 3.23. The van der Waals surface area contributed by atoms with Crippen LogP contribution in [0.1, 0.15) is 43.7 Å². The summed E-state index contributed by atoms with van der Waals surface area (Å²) < 4.78 is 18.8. The van der Waals surface area contributed by atoms with Crippen LogP contribution in [0, 0.1) is 5.82 Å². The third kappa shape index (κ3) is 3.94. The topological polar surface area (TPSA) is 49.8 Å². The highest BCUT2D eigenvalue weighted by Gasteiger charge is 2.30. The predicted molar refractivity (Wildman–Crippen MR) is 78.0 cm³/mol. The summed E-state index contributed by atoms with van der Waals surface area (Å²) in [4.78, 5) is 13.7. The molecule has 0 saturated carbocycles. The molecular weight excluding hydrogens is 273 g/mol. The number of hydrogen-bond donors (Lipinski definition) is 1. The molecule has 1 heterocycles. The van der Waals surface area contributed by atoms with Crippen LogP contribution in [0.2, 0.25) is 0 Å². The maximum Gasteiger partial charge on any atom is 0.325 e. The SMILES string of the molecule is COc1ccc(F)cc1C(C(=O)O)N1CCCCCCC1. The first-order chi connectivity index (χ1) is 10.1. The van der Waals surface area contributed by atoms with Crippen molar-refractivity contribution in [3.63, 3.8) is 0 Å². The molecule has 0 aromatic heterocycles. The number of halogens is 1. The molecule has 1 aromatic rings. The Morgan fingerprint density at radius 3 is 2.43 bits per heavy atom. The molecule has 0 radical (unpaired) electrons. The van der Waals surface area contributed by atoms with Crippen molar-refractivity contribution < 1.29 is 19.0 Å². The van der Waals surface area contributed by atoms with E-state index >= 15 is 0 Å². The summed E-state index contributed by atoms with van der Waals surface area (Å²) in [5.41, 5.74) is 0.394. The molecule has 1 saturated heterocycles. The number of rotatable bonds is 4. The van der Waals surface area contributed by atoms with Crippen LogP contribution in [-0.4, -0.2) is 36.2 Å². The van der Waals surface area contributed by atoms with Gasteiger partial charge in [-0.25, -0.2) is 4.39 Å². The van der Waals surface area contributed by atoms with Gasteiger partial charge in [0, 0.05) is 5.56 Å². The third-order valence-corrected chi connectivity index (χ3v) is 3.98. The number of hydrogen-bond acceptors (Lipinski definition) is 3. The van der Waals surface area contributed by atoms with Gasteiger partial charge < -0.3 is 9.84 Å². The van der Waals surface area contributed by atoms with E-state index in [0.29, 0.717) is 11.3 Å². The first-order valence-corrected chi connectivity index (χ1v) is 7.44. The van der Waals surface area contributed by atoms with Gasteiger partial charge in [0.15, 0.2) is 0 Å². The van der Waals surface area contributed by atoms with Crippen LogP contribution < -0.4 is 4.74 Å². The highest BCUT2D eigenvalue weighted by molar-refractivity contribution is 5.76. The minimum absolute atomic E-state index is 0.394. The maximum atomic E-state index is 13.6. The number of aliphatic carboxylic acids is 1. The van der Waals surface area contributed by atoms with Gasteiger partial charge in [-0.2, -0.15) is 0 Å². The molecule has 21 heavy (non-hydrogen) atoms. The zero-order chi connectivity index (χ0) is 15.2. The maximum absolute atomic E-state index is 13.6. The Labute approximate surface area is 124 Å². The fourth-order valence-electron chi connectivity index (χ4n) is 2.93. The molecule has 1 N–H and O–H groups in total. The summed E-state index contributed by atoms with van der Waals surface area (Å²) in [7, 11) is 1.48. The molecule has 1 atom stereocenters. The Balaban J connectivity index is 2.33. The Kier molecular flexibility index (Phi) is 5.56. The van der Waals surface area contributed by atoms with Crippen LogP contribution in [0.25, 0.3) is 0 Å². The molecule has 116 valence electrons. The van der Waals surface area contributed by atoms with E-state index in [1.807, 2.05) is 4.90 Å². The Morgan fingerprint density at radius 1 is 1.24 bits per heavy atom. The first kappa shape index (κ1) is 15.8. The van der Waals surface area contributed by atoms with Gasteiger partial charge in [-0.15, -0.1) is 0 Å². The minimum Gasteiger partial charge on any atom is -0.496 e. The highest BCUT2D eigenvalue weighted by Crippen LogP contribution is 2.31. The number of carbonyl (C=O) groups is 1. The number of carboxylic acids is 1. The third-order valence-electron chi connectivity index (χ3n) is 3.98. The monoisotopic (exact) mass is 295 g/mol. The van der Waals surface area contributed by atoms with Crippen molar-refractivity contribution in [2.24, 2.45) is 0 Å². The number of ether oxygens (including phenoxy) is 1. The molecule has 1 fully saturated rings. The molecule has 5 heteroatoms. The van der Waals surface area contributed by atoms with E-state index in [1.165, 1.54) is 31.7 Å². The molecule has 0 bridgehead atoms. The van der Waals surface area contributed by atoms with Crippen LogP contribution in [-0.2, 0) is 4.79 Å². The van der Waals surface area contributed by atoms with Crippen molar-refractivity contribution in [1.29, 1.82) is 0 Å². The van der Waals surface area contributed by atoms with Crippen LogP contribution in [0.4, 0.5) is 4.39 Å². The molecule has 1 unspecified atom stereocenters. The molecule has 1 aromatic carbocycles. The van der Waals surface area contributed by atoms with Gasteiger partial charge in [0.2, 0.25) is 0 Å². The number of carboxylic acid groups (broad SMARTS) is 1. The van der Waals surface area contributed by atoms with Crippen molar-refractivity contribution in [3.05, 3.63) is 29.6 Å². The second kappa shape index (κ2) is 7.41.